The first-order valence-electron chi connectivity index (χ1n) is 8.63. The minimum atomic E-state index is -0.834. The van der Waals surface area contributed by atoms with Gasteiger partial charge in [0.1, 0.15) is 10.7 Å². The largest absolute Gasteiger partial charge is 0.462 e. The van der Waals surface area contributed by atoms with Gasteiger partial charge in [-0.05, 0) is 19.4 Å². The van der Waals surface area contributed by atoms with E-state index < -0.39 is 30.4 Å². The molecule has 12 heteroatoms. The average Bonchev–Trinajstić information content (AvgIpc) is 3.02. The topological polar surface area (TPSA) is 152 Å². The van der Waals surface area contributed by atoms with Gasteiger partial charge in [0.25, 0.3) is 11.8 Å². The second-order valence-electron chi connectivity index (χ2n) is 5.78. The summed E-state index contributed by atoms with van der Waals surface area (Å²) in [5.41, 5.74) is 2.59. The number of anilines is 1. The van der Waals surface area contributed by atoms with Crippen LogP contribution in [0.4, 0.5) is 5.00 Å². The number of rotatable bonds is 7. The van der Waals surface area contributed by atoms with Crippen LogP contribution in [0.5, 0.6) is 0 Å². The van der Waals surface area contributed by atoms with Crippen LogP contribution in [-0.2, 0) is 23.9 Å². The van der Waals surface area contributed by atoms with Gasteiger partial charge in [-0.15, -0.1) is 11.3 Å². The molecule has 1 aromatic heterocycles. The summed E-state index contributed by atoms with van der Waals surface area (Å²) in [4.78, 5) is 59.6. The van der Waals surface area contributed by atoms with E-state index in [-0.39, 0.29) is 46.5 Å². The van der Waals surface area contributed by atoms with Gasteiger partial charge >= 0.3 is 11.9 Å². The number of carbonyl (C=O) groups is 5. The lowest BCUT2D eigenvalue weighted by molar-refractivity contribution is -0.140. The number of thiophene rings is 1. The molecule has 11 nitrogen and oxygen atoms in total. The second kappa shape index (κ2) is 9.78. The molecule has 1 aliphatic rings. The minimum absolute atomic E-state index is 0.00140. The maximum Gasteiger partial charge on any atom is 0.355 e. The Hall–Kier alpha value is -3.28. The number of hydrogen-bond acceptors (Lipinski definition) is 9. The zero-order chi connectivity index (χ0) is 21.6. The van der Waals surface area contributed by atoms with Crippen LogP contribution in [0.2, 0.25) is 0 Å². The number of hydrogen-bond donors (Lipinski definition) is 3. The van der Waals surface area contributed by atoms with E-state index in [1.807, 2.05) is 0 Å². The third-order valence-corrected chi connectivity index (χ3v) is 4.99. The number of hydrazone groups is 1. The normalized spacial score (nSPS) is 13.1. The summed E-state index contributed by atoms with van der Waals surface area (Å²) in [6.07, 6.45) is 0.207. The van der Waals surface area contributed by atoms with Gasteiger partial charge < -0.3 is 20.1 Å². The number of esters is 2. The molecule has 2 rings (SSSR count). The molecule has 0 saturated heterocycles. The molecule has 3 amide bonds. The van der Waals surface area contributed by atoms with E-state index in [1.54, 1.807) is 13.8 Å². The smallest absolute Gasteiger partial charge is 0.355 e. The van der Waals surface area contributed by atoms with Crippen molar-refractivity contribution >= 4 is 51.7 Å². The van der Waals surface area contributed by atoms with Crippen LogP contribution >= 0.6 is 11.3 Å². The van der Waals surface area contributed by atoms with Crippen LogP contribution in [-0.4, -0.2) is 55.6 Å². The molecule has 0 saturated carbocycles. The Kier molecular flexibility index (Phi) is 7.42. The molecule has 1 aliphatic heterocycles. The van der Waals surface area contributed by atoms with Crippen molar-refractivity contribution in [2.24, 2.45) is 5.10 Å². The molecular weight excluding hydrogens is 404 g/mol. The second-order valence-corrected chi connectivity index (χ2v) is 6.80. The summed E-state index contributed by atoms with van der Waals surface area (Å²) in [7, 11) is 1.44. The van der Waals surface area contributed by atoms with Gasteiger partial charge in [-0.2, -0.15) is 5.10 Å². The summed E-state index contributed by atoms with van der Waals surface area (Å²) in [6, 6.07) is 0. The van der Waals surface area contributed by atoms with Crippen LogP contribution in [0.1, 0.15) is 45.4 Å². The first-order valence-corrected chi connectivity index (χ1v) is 9.45. The van der Waals surface area contributed by atoms with Crippen molar-refractivity contribution in [2.45, 2.75) is 26.7 Å². The fourth-order valence-electron chi connectivity index (χ4n) is 2.38. The number of nitrogens with zero attached hydrogens (tertiary/aromatic N) is 1. The Bertz CT molecular complexity index is 891. The molecule has 2 heterocycles. The Morgan fingerprint density at radius 1 is 1.17 bits per heavy atom. The van der Waals surface area contributed by atoms with Gasteiger partial charge in [0, 0.05) is 19.9 Å². The number of carbonyl (C=O) groups excluding carboxylic acids is 5. The SMILES string of the molecule is CCOC(=O)c1c(NC(=O)COC(=O)C2=NNC(=O)CC2)sc(C(=O)NC)c1C. The standard InChI is InChI=1S/C17H20N4O7S/c1-4-27-17(26)12-8(2)13(14(24)18-3)29-15(12)19-11(23)7-28-16(25)9-5-6-10(22)21-20-9/h4-7H2,1-3H3,(H,18,24)(H,19,23)(H,21,22). The van der Waals surface area contributed by atoms with Crippen molar-refractivity contribution in [3.63, 3.8) is 0 Å². The summed E-state index contributed by atoms with van der Waals surface area (Å²) < 4.78 is 9.87. The quantitative estimate of drug-likeness (QED) is 0.534. The molecule has 0 atom stereocenters. The number of amides is 3. The molecule has 0 bridgehead atoms. The summed E-state index contributed by atoms with van der Waals surface area (Å²) in [5, 5.41) is 8.62. The molecule has 3 N–H and O–H groups in total. The molecule has 0 radical (unpaired) electrons. The van der Waals surface area contributed by atoms with E-state index in [0.29, 0.717) is 5.56 Å². The van der Waals surface area contributed by atoms with Crippen LogP contribution in [0.25, 0.3) is 0 Å². The highest BCUT2D eigenvalue weighted by Crippen LogP contribution is 2.33. The lowest BCUT2D eigenvalue weighted by atomic mass is 10.1. The monoisotopic (exact) mass is 424 g/mol. The molecule has 1 aromatic rings. The van der Waals surface area contributed by atoms with Crippen molar-refractivity contribution in [3.8, 4) is 0 Å². The van der Waals surface area contributed by atoms with Gasteiger partial charge in [0.2, 0.25) is 5.91 Å². The van der Waals surface area contributed by atoms with E-state index in [0.717, 1.165) is 11.3 Å². The molecule has 156 valence electrons. The predicted octanol–water partition coefficient (Wildman–Crippen LogP) is 0.341. The molecule has 29 heavy (non-hydrogen) atoms. The average molecular weight is 424 g/mol. The molecule has 0 spiro atoms. The number of ether oxygens (including phenoxy) is 2. The van der Waals surface area contributed by atoms with Crippen molar-refractivity contribution in [3.05, 3.63) is 16.0 Å². The highest BCUT2D eigenvalue weighted by molar-refractivity contribution is 7.18. The predicted molar refractivity (Wildman–Crippen MR) is 103 cm³/mol. The lowest BCUT2D eigenvalue weighted by Crippen LogP contribution is -2.32. The van der Waals surface area contributed by atoms with Gasteiger partial charge in [0.05, 0.1) is 17.0 Å². The highest BCUT2D eigenvalue weighted by atomic mass is 32.1. The molecule has 0 aromatic carbocycles. The van der Waals surface area contributed by atoms with E-state index in [2.05, 4.69) is 21.2 Å². The summed E-state index contributed by atoms with van der Waals surface area (Å²) in [6.45, 7) is 2.68. The van der Waals surface area contributed by atoms with E-state index in [1.165, 1.54) is 7.05 Å². The summed E-state index contributed by atoms with van der Waals surface area (Å²) in [5.74, 6) is -2.96. The van der Waals surface area contributed by atoms with Crippen LogP contribution in [0, 0.1) is 6.92 Å². The lowest BCUT2D eigenvalue weighted by Gasteiger charge is -2.11. The first kappa shape index (κ1) is 22.0. The van der Waals surface area contributed by atoms with E-state index >= 15 is 0 Å². The van der Waals surface area contributed by atoms with E-state index in [9.17, 15) is 24.0 Å². The third-order valence-electron chi connectivity index (χ3n) is 3.79. The van der Waals surface area contributed by atoms with Gasteiger partial charge in [-0.25, -0.2) is 15.0 Å². The molecular formula is C17H20N4O7S. The van der Waals surface area contributed by atoms with Crippen LogP contribution in [0.15, 0.2) is 5.10 Å². The Morgan fingerprint density at radius 3 is 2.48 bits per heavy atom. The van der Waals surface area contributed by atoms with E-state index in [4.69, 9.17) is 9.47 Å². The van der Waals surface area contributed by atoms with Gasteiger partial charge in [-0.3, -0.25) is 14.4 Å². The first-order chi connectivity index (χ1) is 13.8. The fourth-order valence-corrected chi connectivity index (χ4v) is 3.54. The Balaban J connectivity index is 2.10. The van der Waals surface area contributed by atoms with Crippen molar-refractivity contribution in [2.75, 3.05) is 25.6 Å². The van der Waals surface area contributed by atoms with Crippen LogP contribution < -0.4 is 16.1 Å². The molecule has 0 unspecified atom stereocenters. The molecule has 0 aliphatic carbocycles. The maximum absolute atomic E-state index is 12.3. The van der Waals surface area contributed by atoms with Gasteiger partial charge in [-0.1, -0.05) is 0 Å². The van der Waals surface area contributed by atoms with Crippen molar-refractivity contribution in [1.29, 1.82) is 0 Å². The van der Waals surface area contributed by atoms with Crippen molar-refractivity contribution in [1.82, 2.24) is 10.7 Å². The highest BCUT2D eigenvalue weighted by Gasteiger charge is 2.27. The third kappa shape index (κ3) is 5.38. The van der Waals surface area contributed by atoms with Gasteiger partial charge in [0.15, 0.2) is 6.61 Å². The van der Waals surface area contributed by atoms with Crippen molar-refractivity contribution < 1.29 is 33.4 Å². The number of nitrogens with one attached hydrogen (secondary N) is 3. The minimum Gasteiger partial charge on any atom is -0.462 e. The Labute approximate surface area is 169 Å². The summed E-state index contributed by atoms with van der Waals surface area (Å²) >= 11 is 0.907. The zero-order valence-electron chi connectivity index (χ0n) is 16.0. The Morgan fingerprint density at radius 2 is 1.90 bits per heavy atom. The maximum atomic E-state index is 12.3. The fraction of sp³-hybridized carbons (Fsp3) is 0.412. The van der Waals surface area contributed by atoms with Crippen LogP contribution in [0.3, 0.4) is 0 Å². The molecule has 0 fully saturated rings. The zero-order valence-corrected chi connectivity index (χ0v) is 16.9.